The zero-order valence-corrected chi connectivity index (χ0v) is 19.3. The van der Waals surface area contributed by atoms with E-state index in [4.69, 9.17) is 4.74 Å². The summed E-state index contributed by atoms with van der Waals surface area (Å²) in [6.07, 6.45) is 16.1. The molecule has 144 valence electrons. The first-order chi connectivity index (χ1) is 11.5. The molecule has 0 amide bonds. The summed E-state index contributed by atoms with van der Waals surface area (Å²) < 4.78 is 5.65. The monoisotopic (exact) mass is 356 g/mol. The third-order valence-corrected chi connectivity index (χ3v) is 6.55. The fraction of sp³-hybridized carbons (Fsp3) is 0.952. The van der Waals surface area contributed by atoms with Gasteiger partial charge in [-0.1, -0.05) is 91.9 Å². The Morgan fingerprint density at radius 2 is 1.38 bits per heavy atom. The Morgan fingerprint density at radius 1 is 0.833 bits per heavy atom. The maximum atomic E-state index is 12.6. The average molecular weight is 357 g/mol. The van der Waals surface area contributed by atoms with Crippen molar-refractivity contribution in [1.29, 1.82) is 0 Å². The SMILES string of the molecule is CCCCCCCOC(=O)C(C)([SiH3])C(CCC)CCCCCCC. The van der Waals surface area contributed by atoms with Crippen LogP contribution in [-0.4, -0.2) is 22.8 Å². The summed E-state index contributed by atoms with van der Waals surface area (Å²) in [4.78, 5) is 12.6. The van der Waals surface area contributed by atoms with Crippen LogP contribution < -0.4 is 0 Å². The molecule has 24 heavy (non-hydrogen) atoms. The molecule has 2 atom stereocenters. The van der Waals surface area contributed by atoms with Gasteiger partial charge in [-0.05, 0) is 25.2 Å². The van der Waals surface area contributed by atoms with Crippen molar-refractivity contribution >= 4 is 16.2 Å². The first-order valence-corrected chi connectivity index (χ1v) is 11.7. The van der Waals surface area contributed by atoms with Crippen LogP contribution in [0.15, 0.2) is 0 Å². The van der Waals surface area contributed by atoms with Crippen LogP contribution in [0, 0.1) is 5.92 Å². The summed E-state index contributed by atoms with van der Waals surface area (Å²) >= 11 is 0. The second-order valence-electron chi connectivity index (χ2n) is 7.96. The molecule has 0 aromatic heterocycles. The standard InChI is InChI=1S/C21H44O2Si/c1-5-8-10-12-14-17-19(16-7-3)21(4,24)20(22)23-18-15-13-11-9-6-2/h19H,5-18H2,1-4,24H3. The number of ether oxygens (including phenoxy) is 1. The van der Waals surface area contributed by atoms with Gasteiger partial charge in [-0.25, -0.2) is 0 Å². The highest BCUT2D eigenvalue weighted by Gasteiger charge is 2.36. The lowest BCUT2D eigenvalue weighted by atomic mass is 9.84. The second kappa shape index (κ2) is 15.0. The van der Waals surface area contributed by atoms with Gasteiger partial charge in [-0.3, -0.25) is 4.79 Å². The van der Waals surface area contributed by atoms with E-state index in [1.807, 2.05) is 0 Å². The molecule has 3 heteroatoms. The van der Waals surface area contributed by atoms with Gasteiger partial charge in [-0.2, -0.15) is 0 Å². The predicted molar refractivity (Wildman–Crippen MR) is 110 cm³/mol. The van der Waals surface area contributed by atoms with Crippen molar-refractivity contribution in [3.63, 3.8) is 0 Å². The van der Waals surface area contributed by atoms with E-state index in [0.717, 1.165) is 16.7 Å². The third kappa shape index (κ3) is 10.5. The third-order valence-electron chi connectivity index (χ3n) is 5.32. The summed E-state index contributed by atoms with van der Waals surface area (Å²) in [5.74, 6) is 0.597. The van der Waals surface area contributed by atoms with E-state index in [2.05, 4.69) is 27.7 Å². The van der Waals surface area contributed by atoms with Crippen LogP contribution >= 0.6 is 0 Å². The molecule has 0 saturated carbocycles. The van der Waals surface area contributed by atoms with Crippen LogP contribution in [0.25, 0.3) is 0 Å². The van der Waals surface area contributed by atoms with E-state index < -0.39 is 0 Å². The van der Waals surface area contributed by atoms with E-state index in [1.165, 1.54) is 77.0 Å². The van der Waals surface area contributed by atoms with Crippen molar-refractivity contribution < 1.29 is 9.53 Å². The summed E-state index contributed by atoms with van der Waals surface area (Å²) in [7, 11) is 0.895. The molecule has 0 aromatic rings. The molecule has 0 aliphatic heterocycles. The average Bonchev–Trinajstić information content (AvgIpc) is 2.56. The Labute approximate surface area is 154 Å². The van der Waals surface area contributed by atoms with Crippen LogP contribution in [0.2, 0.25) is 5.04 Å². The van der Waals surface area contributed by atoms with Crippen molar-refractivity contribution in [2.24, 2.45) is 5.92 Å². The first-order valence-electron chi connectivity index (χ1n) is 10.7. The van der Waals surface area contributed by atoms with Crippen LogP contribution in [0.3, 0.4) is 0 Å². The molecule has 0 spiro atoms. The van der Waals surface area contributed by atoms with Gasteiger partial charge in [0.25, 0.3) is 0 Å². The van der Waals surface area contributed by atoms with E-state index in [-0.39, 0.29) is 11.0 Å². The number of carbonyl (C=O) groups excluding carboxylic acids is 1. The van der Waals surface area contributed by atoms with Crippen molar-refractivity contribution in [3.8, 4) is 0 Å². The largest absolute Gasteiger partial charge is 0.466 e. The fourth-order valence-corrected chi connectivity index (χ4v) is 4.15. The topological polar surface area (TPSA) is 26.3 Å². The van der Waals surface area contributed by atoms with Crippen molar-refractivity contribution in [1.82, 2.24) is 0 Å². The van der Waals surface area contributed by atoms with E-state index in [1.54, 1.807) is 0 Å². The fourth-order valence-electron chi connectivity index (χ4n) is 3.43. The van der Waals surface area contributed by atoms with Gasteiger partial charge in [0.2, 0.25) is 0 Å². The highest BCUT2D eigenvalue weighted by atomic mass is 28.1. The normalized spacial score (nSPS) is 15.2. The molecular weight excluding hydrogens is 312 g/mol. The van der Waals surface area contributed by atoms with Gasteiger partial charge in [0, 0.05) is 10.2 Å². The molecule has 2 unspecified atom stereocenters. The number of hydrogen-bond donors (Lipinski definition) is 0. The van der Waals surface area contributed by atoms with Crippen LogP contribution in [0.4, 0.5) is 0 Å². The molecule has 0 heterocycles. The van der Waals surface area contributed by atoms with E-state index in [9.17, 15) is 4.79 Å². The summed E-state index contributed by atoms with van der Waals surface area (Å²) in [6, 6.07) is 0. The lowest BCUT2D eigenvalue weighted by Crippen LogP contribution is -2.32. The Kier molecular flexibility index (Phi) is 14.8. The molecule has 0 N–H and O–H groups in total. The van der Waals surface area contributed by atoms with E-state index in [0.29, 0.717) is 12.5 Å². The van der Waals surface area contributed by atoms with E-state index >= 15 is 0 Å². The summed E-state index contributed by atoms with van der Waals surface area (Å²) in [6.45, 7) is 9.50. The molecule has 0 radical (unpaired) electrons. The molecular formula is C21H44O2Si. The smallest absolute Gasteiger partial charge is 0.308 e. The number of esters is 1. The minimum Gasteiger partial charge on any atom is -0.466 e. The molecule has 0 aliphatic carbocycles. The van der Waals surface area contributed by atoms with Gasteiger partial charge < -0.3 is 4.74 Å². The van der Waals surface area contributed by atoms with Crippen molar-refractivity contribution in [2.45, 2.75) is 116 Å². The zero-order chi connectivity index (χ0) is 18.3. The van der Waals surface area contributed by atoms with Crippen LogP contribution in [0.5, 0.6) is 0 Å². The molecule has 2 nitrogen and oxygen atoms in total. The van der Waals surface area contributed by atoms with Crippen LogP contribution in [-0.2, 0) is 9.53 Å². The van der Waals surface area contributed by atoms with Gasteiger partial charge in [0.15, 0.2) is 0 Å². The quantitative estimate of drug-likeness (QED) is 0.198. The number of rotatable bonds is 16. The highest BCUT2D eigenvalue weighted by molar-refractivity contribution is 6.26. The first kappa shape index (κ1) is 23.7. The Hall–Kier alpha value is -0.313. The maximum Gasteiger partial charge on any atom is 0.308 e. The van der Waals surface area contributed by atoms with Crippen molar-refractivity contribution in [2.75, 3.05) is 6.61 Å². The Morgan fingerprint density at radius 3 is 1.92 bits per heavy atom. The Balaban J connectivity index is 4.22. The minimum atomic E-state index is -0.204. The Bertz CT molecular complexity index is 302. The lowest BCUT2D eigenvalue weighted by Gasteiger charge is -2.32. The summed E-state index contributed by atoms with van der Waals surface area (Å²) in [5, 5.41) is -0.204. The predicted octanol–water partition coefficient (Wildman–Crippen LogP) is 5.82. The van der Waals surface area contributed by atoms with Gasteiger partial charge in [-0.15, -0.1) is 0 Å². The van der Waals surface area contributed by atoms with Gasteiger partial charge >= 0.3 is 5.97 Å². The highest BCUT2D eigenvalue weighted by Crippen LogP contribution is 2.39. The number of carbonyl (C=O) groups is 1. The summed E-state index contributed by atoms with van der Waals surface area (Å²) in [5.41, 5.74) is 0. The molecule has 0 saturated heterocycles. The molecule has 0 aliphatic rings. The van der Waals surface area contributed by atoms with Crippen LogP contribution in [0.1, 0.15) is 111 Å². The second-order valence-corrected chi connectivity index (χ2v) is 10.0. The van der Waals surface area contributed by atoms with Crippen molar-refractivity contribution in [3.05, 3.63) is 0 Å². The molecule has 0 aromatic carbocycles. The lowest BCUT2D eigenvalue weighted by molar-refractivity contribution is -0.149. The molecule has 0 fully saturated rings. The minimum absolute atomic E-state index is 0.0802. The van der Waals surface area contributed by atoms with Gasteiger partial charge in [0.1, 0.15) is 0 Å². The zero-order valence-electron chi connectivity index (χ0n) is 17.3. The molecule has 0 bridgehead atoms. The maximum absolute atomic E-state index is 12.6. The van der Waals surface area contributed by atoms with Gasteiger partial charge in [0.05, 0.1) is 11.6 Å². The number of unbranched alkanes of at least 4 members (excludes halogenated alkanes) is 8. The number of hydrogen-bond acceptors (Lipinski definition) is 2. The molecule has 0 rings (SSSR count).